The molecular formula is C11H16N2O2. The first-order chi connectivity index (χ1) is 7.22. The van der Waals surface area contributed by atoms with Crippen LogP contribution in [0.3, 0.4) is 0 Å². The summed E-state index contributed by atoms with van der Waals surface area (Å²) in [4.78, 5) is 13.9. The summed E-state index contributed by atoms with van der Waals surface area (Å²) in [5.41, 5.74) is -0.692. The Morgan fingerprint density at radius 3 is 2.73 bits per heavy atom. The fraction of sp³-hybridized carbons (Fsp3) is 0.818. The molecule has 15 heavy (non-hydrogen) atoms. The molecule has 2 aliphatic rings. The van der Waals surface area contributed by atoms with Gasteiger partial charge in [0, 0.05) is 20.2 Å². The van der Waals surface area contributed by atoms with Crippen LogP contribution in [0.2, 0.25) is 0 Å². The van der Waals surface area contributed by atoms with Crippen molar-refractivity contribution < 1.29 is 9.53 Å². The summed E-state index contributed by atoms with van der Waals surface area (Å²) in [5, 5.41) is 9.06. The Balaban J connectivity index is 2.00. The van der Waals surface area contributed by atoms with Crippen LogP contribution >= 0.6 is 0 Å². The molecular weight excluding hydrogens is 192 g/mol. The van der Waals surface area contributed by atoms with Crippen molar-refractivity contribution in [3.63, 3.8) is 0 Å². The van der Waals surface area contributed by atoms with Crippen molar-refractivity contribution in [3.8, 4) is 6.07 Å². The molecule has 1 heterocycles. The molecule has 1 aliphatic heterocycles. The molecule has 0 radical (unpaired) electrons. The van der Waals surface area contributed by atoms with Crippen LogP contribution < -0.4 is 0 Å². The highest BCUT2D eigenvalue weighted by Crippen LogP contribution is 2.42. The van der Waals surface area contributed by atoms with E-state index < -0.39 is 5.41 Å². The van der Waals surface area contributed by atoms with Gasteiger partial charge in [-0.25, -0.2) is 0 Å². The average Bonchev–Trinajstić information content (AvgIpc) is 2.64. The number of rotatable bonds is 2. The number of methoxy groups -OCH3 is 1. The highest BCUT2D eigenvalue weighted by atomic mass is 16.5. The van der Waals surface area contributed by atoms with E-state index in [0.29, 0.717) is 6.54 Å². The van der Waals surface area contributed by atoms with Crippen LogP contribution in [0.15, 0.2) is 0 Å². The van der Waals surface area contributed by atoms with E-state index in [0.717, 1.165) is 32.2 Å². The quantitative estimate of drug-likeness (QED) is 0.678. The number of ether oxygens (including phenoxy) is 1. The van der Waals surface area contributed by atoms with Crippen LogP contribution in [-0.4, -0.2) is 37.1 Å². The van der Waals surface area contributed by atoms with E-state index >= 15 is 0 Å². The van der Waals surface area contributed by atoms with Gasteiger partial charge in [0.15, 0.2) is 0 Å². The highest BCUT2D eigenvalue weighted by molar-refractivity contribution is 5.86. The van der Waals surface area contributed by atoms with Crippen LogP contribution in [-0.2, 0) is 9.53 Å². The molecule has 1 atom stereocenters. The number of carbonyl (C=O) groups excluding carboxylic acids is 1. The third-order valence-corrected chi connectivity index (χ3v) is 3.60. The van der Waals surface area contributed by atoms with Crippen molar-refractivity contribution in [1.82, 2.24) is 4.90 Å². The Morgan fingerprint density at radius 1 is 1.60 bits per heavy atom. The summed E-state index contributed by atoms with van der Waals surface area (Å²) in [6.45, 7) is 1.39. The van der Waals surface area contributed by atoms with Crippen molar-refractivity contribution in [3.05, 3.63) is 0 Å². The number of carbonyl (C=O) groups is 1. The zero-order chi connectivity index (χ0) is 10.9. The normalized spacial score (nSPS) is 28.3. The van der Waals surface area contributed by atoms with E-state index in [1.54, 1.807) is 12.0 Å². The van der Waals surface area contributed by atoms with Gasteiger partial charge in [-0.05, 0) is 25.7 Å². The maximum atomic E-state index is 12.1. The molecule has 1 aliphatic carbocycles. The molecule has 1 amide bonds. The summed E-state index contributed by atoms with van der Waals surface area (Å²) in [6, 6.07) is 2.19. The number of hydrogen-bond donors (Lipinski definition) is 0. The van der Waals surface area contributed by atoms with Gasteiger partial charge in [0.1, 0.15) is 5.41 Å². The molecule has 1 unspecified atom stereocenters. The Hall–Kier alpha value is -1.08. The lowest BCUT2D eigenvalue weighted by Gasteiger charge is -2.36. The summed E-state index contributed by atoms with van der Waals surface area (Å²) in [5.74, 6) is 0.0239. The smallest absolute Gasteiger partial charge is 0.243 e. The number of nitriles is 1. The Morgan fingerprint density at radius 2 is 2.33 bits per heavy atom. The molecule has 0 N–H and O–H groups in total. The third-order valence-electron chi connectivity index (χ3n) is 3.60. The molecule has 0 bridgehead atoms. The Labute approximate surface area is 89.8 Å². The molecule has 0 aromatic heterocycles. The number of likely N-dealkylation sites (tertiary alicyclic amines) is 1. The first kappa shape index (κ1) is 10.4. The van der Waals surface area contributed by atoms with E-state index in [-0.39, 0.29) is 12.0 Å². The molecule has 82 valence electrons. The lowest BCUT2D eigenvalue weighted by molar-refractivity contribution is -0.142. The Bertz CT molecular complexity index is 304. The molecule has 0 spiro atoms. The molecule has 1 saturated heterocycles. The molecule has 4 heteroatoms. The number of hydrogen-bond acceptors (Lipinski definition) is 3. The predicted octanol–water partition coefficient (Wildman–Crippen LogP) is 0.928. The van der Waals surface area contributed by atoms with E-state index in [1.165, 1.54) is 0 Å². The molecule has 0 aromatic rings. The summed E-state index contributed by atoms with van der Waals surface area (Å²) < 4.78 is 5.21. The second-order valence-corrected chi connectivity index (χ2v) is 4.45. The van der Waals surface area contributed by atoms with Gasteiger partial charge in [-0.3, -0.25) is 4.79 Å². The molecule has 2 rings (SSSR count). The largest absolute Gasteiger partial charge is 0.380 e. The zero-order valence-electron chi connectivity index (χ0n) is 9.03. The first-order valence-electron chi connectivity index (χ1n) is 5.45. The van der Waals surface area contributed by atoms with Crippen LogP contribution in [0, 0.1) is 16.7 Å². The monoisotopic (exact) mass is 208 g/mol. The molecule has 4 nitrogen and oxygen atoms in total. The average molecular weight is 208 g/mol. The second-order valence-electron chi connectivity index (χ2n) is 4.45. The fourth-order valence-electron chi connectivity index (χ4n) is 2.31. The van der Waals surface area contributed by atoms with Crippen molar-refractivity contribution in [2.45, 2.75) is 31.8 Å². The van der Waals surface area contributed by atoms with Crippen LogP contribution in [0.25, 0.3) is 0 Å². The summed E-state index contributed by atoms with van der Waals surface area (Å²) in [7, 11) is 1.67. The number of amides is 1. The van der Waals surface area contributed by atoms with Crippen molar-refractivity contribution in [2.24, 2.45) is 5.41 Å². The minimum atomic E-state index is -0.692. The van der Waals surface area contributed by atoms with Crippen LogP contribution in [0.5, 0.6) is 0 Å². The van der Waals surface area contributed by atoms with Gasteiger partial charge in [-0.15, -0.1) is 0 Å². The van der Waals surface area contributed by atoms with Crippen LogP contribution in [0.4, 0.5) is 0 Å². The lowest BCUT2D eigenvalue weighted by atomic mass is 9.69. The molecule has 2 fully saturated rings. The van der Waals surface area contributed by atoms with Gasteiger partial charge in [0.25, 0.3) is 0 Å². The van der Waals surface area contributed by atoms with Crippen LogP contribution in [0.1, 0.15) is 25.7 Å². The molecule has 0 aromatic carbocycles. The van der Waals surface area contributed by atoms with E-state index in [4.69, 9.17) is 10.00 Å². The maximum absolute atomic E-state index is 12.1. The number of nitrogens with zero attached hydrogens (tertiary/aromatic N) is 2. The summed E-state index contributed by atoms with van der Waals surface area (Å²) in [6.07, 6.45) is 3.52. The van der Waals surface area contributed by atoms with Crippen molar-refractivity contribution >= 4 is 5.91 Å². The minimum absolute atomic E-state index is 0.0239. The highest BCUT2D eigenvalue weighted by Gasteiger charge is 2.48. The van der Waals surface area contributed by atoms with Gasteiger partial charge >= 0.3 is 0 Å². The maximum Gasteiger partial charge on any atom is 0.243 e. The second kappa shape index (κ2) is 3.82. The van der Waals surface area contributed by atoms with Crippen molar-refractivity contribution in [1.29, 1.82) is 5.26 Å². The topological polar surface area (TPSA) is 53.3 Å². The summed E-state index contributed by atoms with van der Waals surface area (Å²) >= 11 is 0. The predicted molar refractivity (Wildman–Crippen MR) is 53.9 cm³/mol. The van der Waals surface area contributed by atoms with Gasteiger partial charge in [0.2, 0.25) is 5.91 Å². The standard InChI is InChI=1S/C11H16N2O2/c1-15-9-3-6-13(7-9)10(14)11(8-12)4-2-5-11/h9H,2-7H2,1H3. The fourth-order valence-corrected chi connectivity index (χ4v) is 2.31. The zero-order valence-corrected chi connectivity index (χ0v) is 9.03. The van der Waals surface area contributed by atoms with E-state index in [2.05, 4.69) is 6.07 Å². The van der Waals surface area contributed by atoms with Gasteiger partial charge in [-0.2, -0.15) is 5.26 Å². The third kappa shape index (κ3) is 1.61. The van der Waals surface area contributed by atoms with Gasteiger partial charge < -0.3 is 9.64 Å². The molecule has 1 saturated carbocycles. The van der Waals surface area contributed by atoms with Gasteiger partial charge in [-0.1, -0.05) is 0 Å². The minimum Gasteiger partial charge on any atom is -0.380 e. The van der Waals surface area contributed by atoms with E-state index in [1.807, 2.05) is 0 Å². The first-order valence-corrected chi connectivity index (χ1v) is 5.45. The lowest BCUT2D eigenvalue weighted by Crippen LogP contribution is -2.46. The Kier molecular flexibility index (Phi) is 2.66. The SMILES string of the molecule is COC1CCN(C(=O)C2(C#N)CCC2)C1. The van der Waals surface area contributed by atoms with E-state index in [9.17, 15) is 4.79 Å². The van der Waals surface area contributed by atoms with Gasteiger partial charge in [0.05, 0.1) is 12.2 Å². The van der Waals surface area contributed by atoms with Crippen molar-refractivity contribution in [2.75, 3.05) is 20.2 Å².